The van der Waals surface area contributed by atoms with Crippen LogP contribution < -0.4 is 0 Å². The Labute approximate surface area is 137 Å². The molecule has 0 amide bonds. The van der Waals surface area contributed by atoms with Crippen LogP contribution in [-0.2, 0) is 10.0 Å². The highest BCUT2D eigenvalue weighted by Crippen LogP contribution is 2.38. The molecule has 120 valence electrons. The molecule has 2 aromatic heterocycles. The molecule has 0 saturated carbocycles. The van der Waals surface area contributed by atoms with Gasteiger partial charge in [-0.25, -0.2) is 8.42 Å². The third-order valence-electron chi connectivity index (χ3n) is 4.01. The first-order chi connectivity index (χ1) is 11.1. The largest absolute Gasteiger partial charge is 0.359 e. The van der Waals surface area contributed by atoms with E-state index in [0.717, 1.165) is 30.3 Å². The molecule has 1 unspecified atom stereocenters. The van der Waals surface area contributed by atoms with Gasteiger partial charge in [0.2, 0.25) is 10.0 Å². The molecule has 1 aliphatic rings. The van der Waals surface area contributed by atoms with Gasteiger partial charge in [-0.1, -0.05) is 11.2 Å². The Bertz CT molecular complexity index is 963. The van der Waals surface area contributed by atoms with Crippen LogP contribution in [0, 0.1) is 6.92 Å². The molecule has 0 bridgehead atoms. The number of aryl methyl sites for hydroxylation is 1. The van der Waals surface area contributed by atoms with Crippen molar-refractivity contribution >= 4 is 32.8 Å². The molecular formula is C14H14N4O3S2. The van der Waals surface area contributed by atoms with Crippen molar-refractivity contribution in [2.45, 2.75) is 30.7 Å². The second-order valence-electron chi connectivity index (χ2n) is 5.53. The Balaban J connectivity index is 1.80. The van der Waals surface area contributed by atoms with Gasteiger partial charge in [0.25, 0.3) is 0 Å². The minimum Gasteiger partial charge on any atom is -0.359 e. The van der Waals surface area contributed by atoms with E-state index < -0.39 is 10.0 Å². The fourth-order valence-electron chi connectivity index (χ4n) is 2.97. The number of nitrogens with zero attached hydrogens (tertiary/aromatic N) is 4. The third kappa shape index (κ3) is 2.35. The summed E-state index contributed by atoms with van der Waals surface area (Å²) in [6, 6.07) is 6.52. The van der Waals surface area contributed by atoms with Gasteiger partial charge >= 0.3 is 0 Å². The molecule has 3 aromatic rings. The van der Waals surface area contributed by atoms with Crippen molar-refractivity contribution < 1.29 is 12.9 Å². The van der Waals surface area contributed by atoms with Crippen LogP contribution in [0.5, 0.6) is 0 Å². The summed E-state index contributed by atoms with van der Waals surface area (Å²) >= 11 is 1.01. The van der Waals surface area contributed by atoms with Crippen LogP contribution in [0.3, 0.4) is 0 Å². The summed E-state index contributed by atoms with van der Waals surface area (Å²) in [6.07, 6.45) is 1.51. The third-order valence-corrected chi connectivity index (χ3v) is 6.50. The topological polar surface area (TPSA) is 89.2 Å². The maximum atomic E-state index is 13.1. The number of rotatable bonds is 3. The van der Waals surface area contributed by atoms with Gasteiger partial charge < -0.3 is 4.52 Å². The van der Waals surface area contributed by atoms with Gasteiger partial charge in [0, 0.05) is 12.6 Å². The molecule has 7 nitrogen and oxygen atoms in total. The maximum Gasteiger partial charge on any atom is 0.246 e. The molecular weight excluding hydrogens is 336 g/mol. The second-order valence-corrected chi connectivity index (χ2v) is 7.92. The molecule has 1 saturated heterocycles. The Morgan fingerprint density at radius 1 is 1.35 bits per heavy atom. The zero-order valence-corrected chi connectivity index (χ0v) is 14.0. The van der Waals surface area contributed by atoms with E-state index in [9.17, 15) is 8.42 Å². The van der Waals surface area contributed by atoms with Crippen LogP contribution in [0.25, 0.3) is 11.0 Å². The molecule has 1 aromatic carbocycles. The number of benzene rings is 1. The summed E-state index contributed by atoms with van der Waals surface area (Å²) in [5.74, 6) is 0.590. The van der Waals surface area contributed by atoms with Crippen LogP contribution >= 0.6 is 11.7 Å². The van der Waals surface area contributed by atoms with E-state index in [1.54, 1.807) is 24.3 Å². The predicted molar refractivity (Wildman–Crippen MR) is 84.5 cm³/mol. The van der Waals surface area contributed by atoms with Gasteiger partial charge in [-0.2, -0.15) is 13.1 Å². The van der Waals surface area contributed by atoms with Gasteiger partial charge in [-0.15, -0.1) is 0 Å². The Kier molecular flexibility index (Phi) is 3.43. The molecule has 1 aliphatic heterocycles. The fourth-order valence-corrected chi connectivity index (χ4v) is 5.39. The highest BCUT2D eigenvalue weighted by molar-refractivity contribution is 7.89. The summed E-state index contributed by atoms with van der Waals surface area (Å²) in [4.78, 5) is 0.201. The van der Waals surface area contributed by atoms with Gasteiger partial charge in [0.05, 0.1) is 23.5 Å². The molecule has 0 spiro atoms. The minimum absolute atomic E-state index is 0.201. The monoisotopic (exact) mass is 350 g/mol. The Morgan fingerprint density at radius 3 is 3.00 bits per heavy atom. The lowest BCUT2D eigenvalue weighted by atomic mass is 10.2. The lowest BCUT2D eigenvalue weighted by molar-refractivity contribution is 0.297. The zero-order chi connectivity index (χ0) is 16.0. The van der Waals surface area contributed by atoms with Crippen molar-refractivity contribution in [2.75, 3.05) is 6.54 Å². The van der Waals surface area contributed by atoms with Crippen molar-refractivity contribution in [1.82, 2.24) is 18.2 Å². The zero-order valence-electron chi connectivity index (χ0n) is 12.3. The molecule has 1 atom stereocenters. The first-order valence-electron chi connectivity index (χ1n) is 7.24. The van der Waals surface area contributed by atoms with Crippen LogP contribution in [-0.4, -0.2) is 33.2 Å². The van der Waals surface area contributed by atoms with Gasteiger partial charge in [-0.05, 0) is 31.9 Å². The smallest absolute Gasteiger partial charge is 0.246 e. The van der Waals surface area contributed by atoms with Crippen molar-refractivity contribution in [3.63, 3.8) is 0 Å². The van der Waals surface area contributed by atoms with Crippen molar-refractivity contribution in [1.29, 1.82) is 0 Å². The molecule has 0 radical (unpaired) electrons. The molecule has 3 heterocycles. The number of sulfonamides is 1. The quantitative estimate of drug-likeness (QED) is 0.721. The molecule has 0 aliphatic carbocycles. The average molecular weight is 350 g/mol. The van der Waals surface area contributed by atoms with Crippen molar-refractivity contribution in [3.8, 4) is 0 Å². The van der Waals surface area contributed by atoms with E-state index >= 15 is 0 Å². The van der Waals surface area contributed by atoms with E-state index in [-0.39, 0.29) is 10.9 Å². The maximum absolute atomic E-state index is 13.1. The van der Waals surface area contributed by atoms with Gasteiger partial charge in [-0.3, -0.25) is 0 Å². The lowest BCUT2D eigenvalue weighted by Gasteiger charge is -2.22. The number of hydrogen-bond acceptors (Lipinski definition) is 7. The predicted octanol–water partition coefficient (Wildman–Crippen LogP) is 2.51. The fraction of sp³-hybridized carbons (Fsp3) is 0.357. The number of hydrogen-bond donors (Lipinski definition) is 0. The summed E-state index contributed by atoms with van der Waals surface area (Å²) in [7, 11) is -3.67. The Hall–Kier alpha value is -1.84. The van der Waals surface area contributed by atoms with Crippen molar-refractivity contribution in [3.05, 3.63) is 35.7 Å². The number of aromatic nitrogens is 3. The highest BCUT2D eigenvalue weighted by Gasteiger charge is 2.39. The highest BCUT2D eigenvalue weighted by atomic mass is 32.2. The molecule has 23 heavy (non-hydrogen) atoms. The first-order valence-corrected chi connectivity index (χ1v) is 9.41. The molecule has 0 N–H and O–H groups in total. The van der Waals surface area contributed by atoms with Crippen molar-refractivity contribution in [2.24, 2.45) is 0 Å². The lowest BCUT2D eigenvalue weighted by Crippen LogP contribution is -2.30. The summed E-state index contributed by atoms with van der Waals surface area (Å²) in [6.45, 7) is 2.28. The van der Waals surface area contributed by atoms with E-state index in [4.69, 9.17) is 4.52 Å². The summed E-state index contributed by atoms with van der Waals surface area (Å²) in [5.41, 5.74) is 1.77. The standard InChI is InChI=1S/C14H14N4O3S2/c1-9-8-12(21-15-9)11-5-3-7-18(11)23(19,20)13-6-2-4-10-14(13)17-22-16-10/h2,4,6,8,11H,3,5,7H2,1H3. The van der Waals surface area contributed by atoms with E-state index in [0.29, 0.717) is 23.3 Å². The SMILES string of the molecule is Cc1cc(C2CCCN2S(=O)(=O)c2cccc3nsnc23)on1. The van der Waals surface area contributed by atoms with Crippen LogP contribution in [0.2, 0.25) is 0 Å². The molecule has 9 heteroatoms. The minimum atomic E-state index is -3.67. The van der Waals surface area contributed by atoms with Crippen LogP contribution in [0.4, 0.5) is 0 Å². The Morgan fingerprint density at radius 2 is 2.22 bits per heavy atom. The molecule has 4 rings (SSSR count). The normalized spacial score (nSPS) is 19.6. The first kappa shape index (κ1) is 14.7. The average Bonchev–Trinajstić information content (AvgIpc) is 3.25. The van der Waals surface area contributed by atoms with E-state index in [1.807, 2.05) is 6.92 Å². The van der Waals surface area contributed by atoms with Crippen LogP contribution in [0.15, 0.2) is 33.7 Å². The van der Waals surface area contributed by atoms with E-state index in [2.05, 4.69) is 13.9 Å². The molecule has 1 fully saturated rings. The second kappa shape index (κ2) is 5.36. The summed E-state index contributed by atoms with van der Waals surface area (Å²) in [5, 5.41) is 3.87. The summed E-state index contributed by atoms with van der Waals surface area (Å²) < 4.78 is 41.3. The van der Waals surface area contributed by atoms with E-state index in [1.165, 1.54) is 4.31 Å². The number of fused-ring (bicyclic) bond motifs is 1. The van der Waals surface area contributed by atoms with Gasteiger partial charge in [0.1, 0.15) is 15.9 Å². The van der Waals surface area contributed by atoms with Gasteiger partial charge in [0.15, 0.2) is 5.76 Å². The van der Waals surface area contributed by atoms with Crippen LogP contribution in [0.1, 0.15) is 30.3 Å².